The van der Waals surface area contributed by atoms with Crippen molar-refractivity contribution in [1.29, 1.82) is 0 Å². The minimum absolute atomic E-state index is 0.761. The van der Waals surface area contributed by atoms with E-state index < -0.39 is 0 Å². The molecule has 0 amide bonds. The summed E-state index contributed by atoms with van der Waals surface area (Å²) in [5, 5.41) is 0. The van der Waals surface area contributed by atoms with E-state index in [-0.39, 0.29) is 0 Å². The lowest BCUT2D eigenvalue weighted by atomic mass is 9.97. The molecule has 2 heteroatoms. The predicted octanol–water partition coefficient (Wildman–Crippen LogP) is 4.42. The highest BCUT2D eigenvalue weighted by atomic mass is 127. The van der Waals surface area contributed by atoms with Crippen molar-refractivity contribution in [2.24, 2.45) is 0 Å². The molecule has 0 saturated carbocycles. The molecule has 0 bridgehead atoms. The van der Waals surface area contributed by atoms with E-state index in [4.69, 9.17) is 0 Å². The summed E-state index contributed by atoms with van der Waals surface area (Å²) in [4.78, 5) is 0. The van der Waals surface area contributed by atoms with E-state index in [2.05, 4.69) is 75.5 Å². The largest absolute Gasteiger partial charge is 0.0864 e. The Bertz CT molecular complexity index is 221. The van der Waals surface area contributed by atoms with Crippen molar-refractivity contribution >= 4 is 45.2 Å². The molecule has 1 rings (SSSR count). The second kappa shape index (κ2) is 7.04. The van der Waals surface area contributed by atoms with Gasteiger partial charge in [0.15, 0.2) is 0 Å². The maximum absolute atomic E-state index is 2.49. The molecule has 0 radical (unpaired) electrons. The molecule has 0 aromatic heterocycles. The fraction of sp³-hybridized carbons (Fsp3) is 0.455. The smallest absolute Gasteiger partial charge is 0.00642 e. The number of rotatable bonds is 5. The van der Waals surface area contributed by atoms with E-state index >= 15 is 0 Å². The van der Waals surface area contributed by atoms with Crippen LogP contribution in [0.3, 0.4) is 0 Å². The van der Waals surface area contributed by atoms with Crippen molar-refractivity contribution in [1.82, 2.24) is 0 Å². The first-order chi connectivity index (χ1) is 6.38. The maximum Gasteiger partial charge on any atom is 0.00642 e. The first kappa shape index (κ1) is 11.8. The molecule has 0 fully saturated rings. The minimum Gasteiger partial charge on any atom is -0.0864 e. The Morgan fingerprint density at radius 2 is 1.77 bits per heavy atom. The Hall–Kier alpha value is 0.680. The second-order valence-corrected chi connectivity index (χ2v) is 5.05. The summed E-state index contributed by atoms with van der Waals surface area (Å²) >= 11 is 4.94. The van der Waals surface area contributed by atoms with Gasteiger partial charge in [-0.05, 0) is 28.8 Å². The van der Waals surface area contributed by atoms with E-state index in [9.17, 15) is 0 Å². The Morgan fingerprint density at radius 3 is 2.31 bits per heavy atom. The van der Waals surface area contributed by atoms with Crippen LogP contribution in [-0.2, 0) is 0 Å². The van der Waals surface area contributed by atoms with Crippen LogP contribution in [0, 0.1) is 0 Å². The third kappa shape index (κ3) is 4.14. The molecule has 1 atom stereocenters. The van der Waals surface area contributed by atoms with Gasteiger partial charge in [0, 0.05) is 4.43 Å². The molecule has 0 unspecified atom stereocenters. The van der Waals surface area contributed by atoms with Crippen molar-refractivity contribution in [2.75, 3.05) is 8.86 Å². The Morgan fingerprint density at radius 1 is 1.08 bits per heavy atom. The van der Waals surface area contributed by atoms with E-state index in [0.29, 0.717) is 0 Å². The molecule has 0 heterocycles. The van der Waals surface area contributed by atoms with Gasteiger partial charge in [0.1, 0.15) is 0 Å². The number of halogens is 2. The highest BCUT2D eigenvalue weighted by Crippen LogP contribution is 2.23. The summed E-state index contributed by atoms with van der Waals surface area (Å²) in [6.45, 7) is 0. The van der Waals surface area contributed by atoms with Gasteiger partial charge in [0.2, 0.25) is 0 Å². The van der Waals surface area contributed by atoms with Crippen LogP contribution in [0.4, 0.5) is 0 Å². The summed E-state index contributed by atoms with van der Waals surface area (Å²) in [6, 6.07) is 10.9. The lowest BCUT2D eigenvalue weighted by Gasteiger charge is -2.13. The molecule has 72 valence electrons. The SMILES string of the molecule is ICCC[C@@H](CI)c1ccccc1. The minimum atomic E-state index is 0.761. The van der Waals surface area contributed by atoms with Gasteiger partial charge in [-0.2, -0.15) is 0 Å². The van der Waals surface area contributed by atoms with Gasteiger partial charge in [-0.25, -0.2) is 0 Å². The van der Waals surface area contributed by atoms with Gasteiger partial charge in [-0.3, -0.25) is 0 Å². The summed E-state index contributed by atoms with van der Waals surface area (Å²) in [5.74, 6) is 0.761. The van der Waals surface area contributed by atoms with Crippen LogP contribution in [0.5, 0.6) is 0 Å². The first-order valence-electron chi connectivity index (χ1n) is 4.55. The summed E-state index contributed by atoms with van der Waals surface area (Å²) in [5.41, 5.74) is 1.50. The molecule has 1 aromatic rings. The van der Waals surface area contributed by atoms with E-state index in [0.717, 1.165) is 5.92 Å². The van der Waals surface area contributed by atoms with E-state index in [1.165, 1.54) is 27.3 Å². The Labute approximate surface area is 108 Å². The first-order valence-corrected chi connectivity index (χ1v) is 7.60. The van der Waals surface area contributed by atoms with E-state index in [1.54, 1.807) is 0 Å². The lowest BCUT2D eigenvalue weighted by Crippen LogP contribution is -2.00. The van der Waals surface area contributed by atoms with Crippen molar-refractivity contribution in [2.45, 2.75) is 18.8 Å². The fourth-order valence-electron chi connectivity index (χ4n) is 1.38. The molecule has 1 aromatic carbocycles. The molecule has 0 spiro atoms. The highest BCUT2D eigenvalue weighted by Gasteiger charge is 2.08. The van der Waals surface area contributed by atoms with Gasteiger partial charge >= 0.3 is 0 Å². The fourth-order valence-corrected chi connectivity index (χ4v) is 2.77. The number of hydrogen-bond acceptors (Lipinski definition) is 0. The van der Waals surface area contributed by atoms with Crippen LogP contribution >= 0.6 is 45.2 Å². The molecular formula is C11H14I2. The zero-order valence-electron chi connectivity index (χ0n) is 7.55. The summed E-state index contributed by atoms with van der Waals surface area (Å²) in [7, 11) is 0. The second-order valence-electron chi connectivity index (χ2n) is 3.09. The normalized spacial score (nSPS) is 12.8. The Balaban J connectivity index is 2.56. The number of alkyl halides is 2. The molecular weight excluding hydrogens is 386 g/mol. The Kier molecular flexibility index (Phi) is 6.36. The van der Waals surface area contributed by atoms with Crippen LogP contribution in [0.2, 0.25) is 0 Å². The van der Waals surface area contributed by atoms with E-state index in [1.807, 2.05) is 0 Å². The topological polar surface area (TPSA) is 0 Å². The van der Waals surface area contributed by atoms with Gasteiger partial charge < -0.3 is 0 Å². The standard InChI is InChI=1S/C11H14I2/c12-8-4-7-11(9-13)10-5-2-1-3-6-10/h1-3,5-6,11H,4,7-9H2/t11-/m0/s1. The maximum atomic E-state index is 2.49. The van der Waals surface area contributed by atoms with Crippen molar-refractivity contribution < 1.29 is 0 Å². The van der Waals surface area contributed by atoms with Crippen molar-refractivity contribution in [3.8, 4) is 0 Å². The van der Waals surface area contributed by atoms with Crippen molar-refractivity contribution in [3.05, 3.63) is 35.9 Å². The van der Waals surface area contributed by atoms with Gasteiger partial charge in [-0.1, -0.05) is 75.5 Å². The molecule has 0 aliphatic rings. The number of hydrogen-bond donors (Lipinski definition) is 0. The molecule has 0 aliphatic carbocycles. The zero-order chi connectivity index (χ0) is 9.52. The van der Waals surface area contributed by atoms with Crippen LogP contribution in [0.25, 0.3) is 0 Å². The monoisotopic (exact) mass is 400 g/mol. The quantitative estimate of drug-likeness (QED) is 0.507. The van der Waals surface area contributed by atoms with Crippen LogP contribution in [0.1, 0.15) is 24.3 Å². The zero-order valence-corrected chi connectivity index (χ0v) is 11.9. The summed E-state index contributed by atoms with van der Waals surface area (Å²) < 4.78 is 2.51. The molecule has 0 saturated heterocycles. The lowest BCUT2D eigenvalue weighted by molar-refractivity contribution is 0.688. The van der Waals surface area contributed by atoms with Crippen LogP contribution in [0.15, 0.2) is 30.3 Å². The highest BCUT2D eigenvalue weighted by molar-refractivity contribution is 14.1. The summed E-state index contributed by atoms with van der Waals surface area (Å²) in [6.07, 6.45) is 2.67. The van der Waals surface area contributed by atoms with Gasteiger partial charge in [-0.15, -0.1) is 0 Å². The number of benzene rings is 1. The molecule has 0 aliphatic heterocycles. The van der Waals surface area contributed by atoms with Gasteiger partial charge in [0.05, 0.1) is 0 Å². The molecule has 13 heavy (non-hydrogen) atoms. The van der Waals surface area contributed by atoms with Crippen LogP contribution < -0.4 is 0 Å². The molecule has 0 nitrogen and oxygen atoms in total. The predicted molar refractivity (Wildman–Crippen MR) is 76.2 cm³/mol. The third-order valence-corrected chi connectivity index (χ3v) is 3.97. The van der Waals surface area contributed by atoms with Crippen LogP contribution in [-0.4, -0.2) is 8.86 Å². The van der Waals surface area contributed by atoms with Gasteiger partial charge in [0.25, 0.3) is 0 Å². The average molecular weight is 400 g/mol. The third-order valence-electron chi connectivity index (χ3n) is 2.14. The molecule has 0 N–H and O–H groups in total. The average Bonchev–Trinajstić information content (AvgIpc) is 2.21. The van der Waals surface area contributed by atoms with Crippen molar-refractivity contribution in [3.63, 3.8) is 0 Å².